The molecule has 0 aromatic heterocycles. The van der Waals surface area contributed by atoms with Crippen LogP contribution >= 0.6 is 0 Å². The van der Waals surface area contributed by atoms with Gasteiger partial charge in [0.15, 0.2) is 0 Å². The van der Waals surface area contributed by atoms with Gasteiger partial charge in [0.1, 0.15) is 11.5 Å². The van der Waals surface area contributed by atoms with E-state index in [9.17, 15) is 4.79 Å². The van der Waals surface area contributed by atoms with E-state index in [2.05, 4.69) is 53.4 Å². The van der Waals surface area contributed by atoms with Gasteiger partial charge >= 0.3 is 0 Å². The van der Waals surface area contributed by atoms with Crippen LogP contribution in [0, 0.1) is 11.3 Å². The molecule has 1 aliphatic heterocycles. The van der Waals surface area contributed by atoms with E-state index >= 15 is 0 Å². The molecule has 3 nitrogen and oxygen atoms in total. The van der Waals surface area contributed by atoms with E-state index in [1.54, 1.807) is 7.11 Å². The lowest BCUT2D eigenvalue weighted by atomic mass is 9.42. The smallest absolute Gasteiger partial charge is 0.133 e. The molecule has 0 radical (unpaired) electrons. The number of ether oxygens (including phenoxy) is 1. The van der Waals surface area contributed by atoms with Crippen LogP contribution in [0.25, 0.3) is 0 Å². The molecule has 2 bridgehead atoms. The van der Waals surface area contributed by atoms with Gasteiger partial charge in [-0.1, -0.05) is 36.4 Å². The topological polar surface area (TPSA) is 29.5 Å². The van der Waals surface area contributed by atoms with Crippen LogP contribution in [0.1, 0.15) is 61.6 Å². The Kier molecular flexibility index (Phi) is 4.94. The van der Waals surface area contributed by atoms with Crippen molar-refractivity contribution in [3.05, 3.63) is 65.2 Å². The van der Waals surface area contributed by atoms with Crippen molar-refractivity contribution in [3.8, 4) is 5.75 Å². The van der Waals surface area contributed by atoms with Crippen molar-refractivity contribution in [2.45, 2.75) is 69.2 Å². The van der Waals surface area contributed by atoms with Gasteiger partial charge in [-0.2, -0.15) is 0 Å². The summed E-state index contributed by atoms with van der Waals surface area (Å²) in [6.45, 7) is 2.39. The number of hydrogen-bond donors (Lipinski definition) is 0. The zero-order valence-electron chi connectivity index (χ0n) is 19.3. The van der Waals surface area contributed by atoms with Crippen molar-refractivity contribution in [2.24, 2.45) is 11.3 Å². The molecule has 1 heterocycles. The Hall–Kier alpha value is -2.13. The summed E-state index contributed by atoms with van der Waals surface area (Å²) in [4.78, 5) is 15.9. The molecule has 1 unspecified atom stereocenters. The maximum absolute atomic E-state index is 13.0. The molecule has 0 N–H and O–H groups in total. The number of carbonyl (C=O) groups excluding carboxylic acids is 1. The molecule has 1 saturated heterocycles. The van der Waals surface area contributed by atoms with Gasteiger partial charge in [-0.15, -0.1) is 0 Å². The van der Waals surface area contributed by atoms with Gasteiger partial charge in [-0.3, -0.25) is 9.69 Å². The second-order valence-corrected chi connectivity index (χ2v) is 10.9. The first-order valence-electron chi connectivity index (χ1n) is 12.6. The molecule has 0 spiro atoms. The highest BCUT2D eigenvalue weighted by Gasteiger charge is 2.64. The fourth-order valence-corrected chi connectivity index (χ4v) is 7.60. The number of likely N-dealkylation sites (tertiary alicyclic amines) is 1. The second kappa shape index (κ2) is 7.73. The molecule has 6 rings (SSSR count). The van der Waals surface area contributed by atoms with Crippen LogP contribution in [-0.2, 0) is 23.1 Å². The minimum absolute atomic E-state index is 0.0377. The number of hydrogen-bond acceptors (Lipinski definition) is 3. The molecule has 2 aromatic rings. The average molecular weight is 430 g/mol. The zero-order chi connectivity index (χ0) is 21.8. The van der Waals surface area contributed by atoms with Crippen LogP contribution in [-0.4, -0.2) is 36.9 Å². The monoisotopic (exact) mass is 429 g/mol. The number of benzene rings is 2. The second-order valence-electron chi connectivity index (χ2n) is 10.9. The molecule has 2 saturated carbocycles. The molecule has 4 aliphatic rings. The van der Waals surface area contributed by atoms with Gasteiger partial charge in [0.25, 0.3) is 0 Å². The lowest BCUT2D eigenvalue weighted by Crippen LogP contribution is -2.69. The van der Waals surface area contributed by atoms with Crippen LogP contribution in [0.15, 0.2) is 48.5 Å². The lowest BCUT2D eigenvalue weighted by Gasteiger charge is -2.66. The van der Waals surface area contributed by atoms with Crippen molar-refractivity contribution in [2.75, 3.05) is 20.2 Å². The van der Waals surface area contributed by atoms with Gasteiger partial charge in [-0.25, -0.2) is 0 Å². The van der Waals surface area contributed by atoms with E-state index in [4.69, 9.17) is 4.74 Å². The van der Waals surface area contributed by atoms with Crippen molar-refractivity contribution < 1.29 is 9.53 Å². The number of Topliss-reactive ketones (excluding diaryl/α,β-unsaturated/α-hetero) is 1. The highest BCUT2D eigenvalue weighted by Crippen LogP contribution is 2.64. The van der Waals surface area contributed by atoms with Crippen molar-refractivity contribution in [3.63, 3.8) is 0 Å². The largest absolute Gasteiger partial charge is 0.497 e. The van der Waals surface area contributed by atoms with Crippen molar-refractivity contribution in [1.82, 2.24) is 4.90 Å². The Bertz CT molecular complexity index is 1010. The number of carbonyl (C=O) groups is 1. The zero-order valence-corrected chi connectivity index (χ0v) is 19.3. The molecule has 3 fully saturated rings. The number of aryl methyl sites for hydroxylation is 1. The fraction of sp³-hybridized carbons (Fsp3) is 0.552. The van der Waals surface area contributed by atoms with Gasteiger partial charge in [0.05, 0.1) is 7.11 Å². The Morgan fingerprint density at radius 3 is 2.72 bits per heavy atom. The number of piperidine rings is 1. The molecule has 168 valence electrons. The summed E-state index contributed by atoms with van der Waals surface area (Å²) in [5.74, 6) is 2.30. The van der Waals surface area contributed by atoms with Crippen LogP contribution < -0.4 is 4.74 Å². The molecule has 32 heavy (non-hydrogen) atoms. The number of ketones is 1. The summed E-state index contributed by atoms with van der Waals surface area (Å²) in [6, 6.07) is 18.2. The average Bonchev–Trinajstić information content (AvgIpc) is 3.64. The molecule has 2 aromatic carbocycles. The predicted molar refractivity (Wildman–Crippen MR) is 127 cm³/mol. The maximum Gasteiger partial charge on any atom is 0.133 e. The standard InChI is InChI=1S/C29H35NO2/c1-32-25-10-9-23-17-27-28(13-11-21-5-3-2-4-6-21)14-12-24(31)19-29(28,26(23)18-25)15-16-30(27)20-22-7-8-22/h2-6,9-10,18,22,27H,7-8,11-17,19-20H2,1H3/t27?,28-,29+/m0/s1. The minimum atomic E-state index is -0.0377. The highest BCUT2D eigenvalue weighted by molar-refractivity contribution is 5.82. The first-order valence-corrected chi connectivity index (χ1v) is 12.6. The quantitative estimate of drug-likeness (QED) is 0.620. The molecular formula is C29H35NO2. The first-order chi connectivity index (χ1) is 15.6. The normalized spacial score (nSPS) is 31.7. The van der Waals surface area contributed by atoms with Gasteiger partial charge in [0, 0.05) is 30.8 Å². The Morgan fingerprint density at radius 1 is 1.09 bits per heavy atom. The number of methoxy groups -OCH3 is 1. The number of nitrogens with zero attached hydrogens (tertiary/aromatic N) is 1. The summed E-state index contributed by atoms with van der Waals surface area (Å²) in [5, 5.41) is 0. The molecule has 3 aliphatic carbocycles. The predicted octanol–water partition coefficient (Wildman–Crippen LogP) is 5.35. The summed E-state index contributed by atoms with van der Waals surface area (Å²) < 4.78 is 5.67. The summed E-state index contributed by atoms with van der Waals surface area (Å²) >= 11 is 0. The Labute approximate surface area is 192 Å². The van der Waals surface area contributed by atoms with Gasteiger partial charge in [0.2, 0.25) is 0 Å². The van der Waals surface area contributed by atoms with Crippen molar-refractivity contribution >= 4 is 5.78 Å². The molecular weight excluding hydrogens is 394 g/mol. The molecule has 3 atom stereocenters. The van der Waals surface area contributed by atoms with Crippen LogP contribution in [0.2, 0.25) is 0 Å². The van der Waals surface area contributed by atoms with E-state index in [-0.39, 0.29) is 10.8 Å². The Morgan fingerprint density at radius 2 is 1.94 bits per heavy atom. The molecule has 0 amide bonds. The van der Waals surface area contributed by atoms with Gasteiger partial charge < -0.3 is 4.74 Å². The fourth-order valence-electron chi connectivity index (χ4n) is 7.60. The third kappa shape index (κ3) is 3.15. The van der Waals surface area contributed by atoms with E-state index < -0.39 is 0 Å². The van der Waals surface area contributed by atoms with E-state index in [1.807, 2.05) is 0 Å². The number of fused-ring (bicyclic) bond motifs is 1. The van der Waals surface area contributed by atoms with Crippen LogP contribution in [0.4, 0.5) is 0 Å². The summed E-state index contributed by atoms with van der Waals surface area (Å²) in [7, 11) is 1.76. The summed E-state index contributed by atoms with van der Waals surface area (Å²) in [6.07, 6.45) is 9.82. The van der Waals surface area contributed by atoms with Gasteiger partial charge in [-0.05, 0) is 91.6 Å². The lowest BCUT2D eigenvalue weighted by molar-refractivity contribution is -0.140. The summed E-state index contributed by atoms with van der Waals surface area (Å²) in [5.41, 5.74) is 4.45. The first kappa shape index (κ1) is 20.5. The highest BCUT2D eigenvalue weighted by atomic mass is 16.5. The van der Waals surface area contributed by atoms with Crippen LogP contribution in [0.3, 0.4) is 0 Å². The SMILES string of the molecule is COc1ccc2c(c1)[C@]13CCN(CC4CC4)C(C2)[C@]1(CCc1ccccc1)CCC(=O)C3. The maximum atomic E-state index is 13.0. The molecule has 3 heteroatoms. The minimum Gasteiger partial charge on any atom is -0.497 e. The third-order valence-corrected chi connectivity index (χ3v) is 9.34. The van der Waals surface area contributed by atoms with E-state index in [1.165, 1.54) is 42.5 Å². The van der Waals surface area contributed by atoms with Crippen molar-refractivity contribution in [1.29, 1.82) is 0 Å². The van der Waals surface area contributed by atoms with Crippen LogP contribution in [0.5, 0.6) is 5.75 Å². The third-order valence-electron chi connectivity index (χ3n) is 9.34. The van der Waals surface area contributed by atoms with E-state index in [0.29, 0.717) is 11.8 Å². The van der Waals surface area contributed by atoms with E-state index in [0.717, 1.165) is 56.7 Å². The number of rotatable bonds is 6. The Balaban J connectivity index is 1.47.